The molecule has 0 fully saturated rings. The molecule has 2 aliphatic rings. The van der Waals surface area contributed by atoms with Gasteiger partial charge in [0.05, 0.1) is 12.8 Å². The number of hydrogen-bond acceptors (Lipinski definition) is 3. The minimum absolute atomic E-state index is 0.0713. The van der Waals surface area contributed by atoms with Crippen LogP contribution >= 0.6 is 0 Å². The van der Waals surface area contributed by atoms with E-state index in [9.17, 15) is 0 Å². The molecular weight excluding hydrogens is 250 g/mol. The van der Waals surface area contributed by atoms with Crippen molar-refractivity contribution in [1.82, 2.24) is 4.90 Å². The maximum Gasteiger partial charge on any atom is 0.140 e. The Morgan fingerprint density at radius 3 is 3.05 bits per heavy atom. The highest BCUT2D eigenvalue weighted by Gasteiger charge is 2.27. The highest BCUT2D eigenvalue weighted by Crippen LogP contribution is 2.33. The predicted octanol–water partition coefficient (Wildman–Crippen LogP) is 3.33. The van der Waals surface area contributed by atoms with Crippen LogP contribution in [0.4, 0.5) is 0 Å². The lowest BCUT2D eigenvalue weighted by Crippen LogP contribution is -2.32. The van der Waals surface area contributed by atoms with Gasteiger partial charge >= 0.3 is 0 Å². The fourth-order valence-electron chi connectivity index (χ4n) is 3.34. The lowest BCUT2D eigenvalue weighted by molar-refractivity contribution is 0.120. The van der Waals surface area contributed by atoms with Gasteiger partial charge in [-0.2, -0.15) is 0 Å². The standard InChI is InChI=1S/C17H19NO2/c1-18-10-16-15(7-8-19-16)17(11-18)20-14-6-5-12-3-2-4-13(12)9-14/h5-9,17H,2-4,10-11H2,1H3. The molecule has 3 heteroatoms. The van der Waals surface area contributed by atoms with Crippen LogP contribution < -0.4 is 4.74 Å². The van der Waals surface area contributed by atoms with Crippen molar-refractivity contribution in [2.45, 2.75) is 31.9 Å². The number of benzene rings is 1. The number of furan rings is 1. The van der Waals surface area contributed by atoms with E-state index in [1.54, 1.807) is 6.26 Å². The number of nitrogens with zero attached hydrogens (tertiary/aromatic N) is 1. The average Bonchev–Trinajstić information content (AvgIpc) is 3.05. The van der Waals surface area contributed by atoms with Gasteiger partial charge in [0.2, 0.25) is 0 Å². The van der Waals surface area contributed by atoms with E-state index in [1.165, 1.54) is 36.0 Å². The van der Waals surface area contributed by atoms with Gasteiger partial charge in [-0.1, -0.05) is 6.07 Å². The summed E-state index contributed by atoms with van der Waals surface area (Å²) in [6.07, 6.45) is 5.52. The zero-order valence-electron chi connectivity index (χ0n) is 11.8. The topological polar surface area (TPSA) is 25.6 Å². The summed E-state index contributed by atoms with van der Waals surface area (Å²) >= 11 is 0. The van der Waals surface area contributed by atoms with Crippen LogP contribution in [0, 0.1) is 0 Å². The molecule has 4 rings (SSSR count). The van der Waals surface area contributed by atoms with Crippen LogP contribution in [0.5, 0.6) is 5.75 Å². The molecule has 1 atom stereocenters. The second-order valence-corrected chi connectivity index (χ2v) is 5.89. The number of aryl methyl sites for hydroxylation is 2. The number of fused-ring (bicyclic) bond motifs is 2. The van der Waals surface area contributed by atoms with E-state index >= 15 is 0 Å². The molecule has 104 valence electrons. The zero-order chi connectivity index (χ0) is 13.5. The van der Waals surface area contributed by atoms with Crippen molar-refractivity contribution in [1.29, 1.82) is 0 Å². The molecule has 0 saturated heterocycles. The smallest absolute Gasteiger partial charge is 0.140 e. The molecule has 0 amide bonds. The lowest BCUT2D eigenvalue weighted by Gasteiger charge is -2.29. The first-order chi connectivity index (χ1) is 9.79. The third kappa shape index (κ3) is 2.02. The SMILES string of the molecule is CN1Cc2occc2C(Oc2ccc3c(c2)CCC3)C1. The van der Waals surface area contributed by atoms with Crippen molar-refractivity contribution in [2.24, 2.45) is 0 Å². The second-order valence-electron chi connectivity index (χ2n) is 5.89. The first kappa shape index (κ1) is 12.0. The van der Waals surface area contributed by atoms with Crippen molar-refractivity contribution in [2.75, 3.05) is 13.6 Å². The van der Waals surface area contributed by atoms with Crippen molar-refractivity contribution >= 4 is 0 Å². The summed E-state index contributed by atoms with van der Waals surface area (Å²) in [5.41, 5.74) is 4.14. The Morgan fingerprint density at radius 1 is 1.20 bits per heavy atom. The highest BCUT2D eigenvalue weighted by atomic mass is 16.5. The van der Waals surface area contributed by atoms with Gasteiger partial charge < -0.3 is 9.15 Å². The van der Waals surface area contributed by atoms with Crippen molar-refractivity contribution in [3.05, 3.63) is 53.0 Å². The number of rotatable bonds is 2. The molecule has 0 spiro atoms. The van der Waals surface area contributed by atoms with E-state index in [2.05, 4.69) is 30.1 Å². The number of ether oxygens (including phenoxy) is 1. The van der Waals surface area contributed by atoms with E-state index < -0.39 is 0 Å². The van der Waals surface area contributed by atoms with E-state index in [4.69, 9.17) is 9.15 Å². The van der Waals surface area contributed by atoms with Gasteiger partial charge in [0.25, 0.3) is 0 Å². The second kappa shape index (κ2) is 4.67. The van der Waals surface area contributed by atoms with Gasteiger partial charge in [-0.25, -0.2) is 0 Å². The molecule has 1 aromatic carbocycles. The largest absolute Gasteiger partial charge is 0.484 e. The zero-order valence-corrected chi connectivity index (χ0v) is 11.8. The Morgan fingerprint density at radius 2 is 2.10 bits per heavy atom. The Balaban J connectivity index is 1.60. The maximum absolute atomic E-state index is 6.23. The van der Waals surface area contributed by atoms with Crippen molar-refractivity contribution < 1.29 is 9.15 Å². The lowest BCUT2D eigenvalue weighted by atomic mass is 10.1. The molecule has 1 aliphatic carbocycles. The van der Waals surface area contributed by atoms with E-state index in [-0.39, 0.29) is 6.10 Å². The minimum atomic E-state index is 0.0713. The molecule has 2 heterocycles. The van der Waals surface area contributed by atoms with E-state index in [1.807, 2.05) is 6.07 Å². The van der Waals surface area contributed by atoms with E-state index in [0.717, 1.165) is 24.6 Å². The predicted molar refractivity (Wildman–Crippen MR) is 76.9 cm³/mol. The first-order valence-electron chi connectivity index (χ1n) is 7.33. The molecule has 0 N–H and O–H groups in total. The summed E-state index contributed by atoms with van der Waals surface area (Å²) in [5, 5.41) is 0. The fraction of sp³-hybridized carbons (Fsp3) is 0.412. The van der Waals surface area contributed by atoms with E-state index in [0.29, 0.717) is 0 Å². The molecule has 20 heavy (non-hydrogen) atoms. The van der Waals surface area contributed by atoms with Crippen LogP contribution in [0.15, 0.2) is 34.9 Å². The minimum Gasteiger partial charge on any atom is -0.484 e. The Labute approximate surface area is 119 Å². The van der Waals surface area contributed by atoms with Crippen LogP contribution in [-0.2, 0) is 19.4 Å². The Kier molecular flexibility index (Phi) is 2.81. The molecule has 0 radical (unpaired) electrons. The number of hydrogen-bond donors (Lipinski definition) is 0. The van der Waals surface area contributed by atoms with Gasteiger partial charge in [-0.05, 0) is 55.6 Å². The van der Waals surface area contributed by atoms with Gasteiger partial charge in [0, 0.05) is 12.1 Å². The fourth-order valence-corrected chi connectivity index (χ4v) is 3.34. The molecule has 0 saturated carbocycles. The normalized spacial score (nSPS) is 21.6. The number of likely N-dealkylation sites (N-methyl/N-ethyl adjacent to an activating group) is 1. The molecule has 1 aliphatic heterocycles. The molecule has 2 aromatic rings. The Hall–Kier alpha value is -1.74. The molecule has 1 unspecified atom stereocenters. The highest BCUT2D eigenvalue weighted by molar-refractivity contribution is 5.39. The Bertz CT molecular complexity index is 632. The van der Waals surface area contributed by atoms with Crippen LogP contribution in [0.25, 0.3) is 0 Å². The van der Waals surface area contributed by atoms with Crippen LogP contribution in [0.3, 0.4) is 0 Å². The molecular formula is C17H19NO2. The monoisotopic (exact) mass is 269 g/mol. The van der Waals surface area contributed by atoms with Crippen LogP contribution in [0.1, 0.15) is 35.0 Å². The van der Waals surface area contributed by atoms with Crippen LogP contribution in [-0.4, -0.2) is 18.5 Å². The van der Waals surface area contributed by atoms with Gasteiger partial charge in [-0.15, -0.1) is 0 Å². The summed E-state index contributed by atoms with van der Waals surface area (Å²) in [7, 11) is 2.10. The van der Waals surface area contributed by atoms with Gasteiger partial charge in [0.1, 0.15) is 17.6 Å². The summed E-state index contributed by atoms with van der Waals surface area (Å²) in [4.78, 5) is 2.24. The molecule has 3 nitrogen and oxygen atoms in total. The quantitative estimate of drug-likeness (QED) is 0.836. The van der Waals surface area contributed by atoms with Crippen LogP contribution in [0.2, 0.25) is 0 Å². The third-order valence-corrected chi connectivity index (χ3v) is 4.37. The van der Waals surface area contributed by atoms with Gasteiger partial charge in [0.15, 0.2) is 0 Å². The summed E-state index contributed by atoms with van der Waals surface area (Å²) in [6.45, 7) is 1.77. The molecule has 0 bridgehead atoms. The maximum atomic E-state index is 6.23. The first-order valence-corrected chi connectivity index (χ1v) is 7.33. The van der Waals surface area contributed by atoms with Crippen molar-refractivity contribution in [3.8, 4) is 5.75 Å². The third-order valence-electron chi connectivity index (χ3n) is 4.37. The average molecular weight is 269 g/mol. The van der Waals surface area contributed by atoms with Gasteiger partial charge in [-0.3, -0.25) is 4.90 Å². The summed E-state index contributed by atoms with van der Waals surface area (Å²) in [6, 6.07) is 8.59. The summed E-state index contributed by atoms with van der Waals surface area (Å²) in [5.74, 6) is 2.02. The molecule has 1 aromatic heterocycles. The van der Waals surface area contributed by atoms with Crippen molar-refractivity contribution in [3.63, 3.8) is 0 Å². The summed E-state index contributed by atoms with van der Waals surface area (Å²) < 4.78 is 11.8.